The van der Waals surface area contributed by atoms with E-state index >= 15 is 0 Å². The molecule has 0 fully saturated rings. The first-order valence-electron chi connectivity index (χ1n) is 9.11. The molecule has 3 amide bonds. The summed E-state index contributed by atoms with van der Waals surface area (Å²) >= 11 is 0. The number of benzene rings is 2. The molecule has 0 aromatic heterocycles. The minimum atomic E-state index is -3.40. The lowest BCUT2D eigenvalue weighted by Gasteiger charge is -2.25. The molecule has 0 spiro atoms. The Morgan fingerprint density at radius 1 is 1.00 bits per heavy atom. The molecular formula is C21H22N2O5S. The van der Waals surface area contributed by atoms with Crippen molar-refractivity contribution in [2.45, 2.75) is 26.3 Å². The lowest BCUT2D eigenvalue weighted by molar-refractivity contribution is -0.120. The van der Waals surface area contributed by atoms with Crippen molar-refractivity contribution < 1.29 is 22.8 Å². The van der Waals surface area contributed by atoms with E-state index in [0.29, 0.717) is 5.69 Å². The van der Waals surface area contributed by atoms with Crippen molar-refractivity contribution in [2.75, 3.05) is 17.3 Å². The van der Waals surface area contributed by atoms with Gasteiger partial charge in [0.15, 0.2) is 0 Å². The van der Waals surface area contributed by atoms with Crippen molar-refractivity contribution in [3.63, 3.8) is 0 Å². The van der Waals surface area contributed by atoms with E-state index in [-0.39, 0.29) is 23.3 Å². The molecule has 1 N–H and O–H groups in total. The molecule has 0 radical (unpaired) electrons. The van der Waals surface area contributed by atoms with Crippen LogP contribution in [0, 0.1) is 13.8 Å². The molecule has 0 bridgehead atoms. The molecule has 152 valence electrons. The van der Waals surface area contributed by atoms with Crippen LogP contribution in [0.5, 0.6) is 0 Å². The van der Waals surface area contributed by atoms with Crippen LogP contribution in [0.15, 0.2) is 42.5 Å². The Morgan fingerprint density at radius 2 is 1.59 bits per heavy atom. The summed E-state index contributed by atoms with van der Waals surface area (Å²) in [6, 6.07) is 10.4. The number of nitrogens with one attached hydrogen (secondary N) is 1. The van der Waals surface area contributed by atoms with Gasteiger partial charge in [-0.25, -0.2) is 8.42 Å². The summed E-state index contributed by atoms with van der Waals surface area (Å²) < 4.78 is 23.3. The molecule has 0 aliphatic carbocycles. The number of sulfone groups is 1. The number of carbonyl (C=O) groups excluding carboxylic acids is 3. The van der Waals surface area contributed by atoms with Crippen molar-refractivity contribution in [1.29, 1.82) is 0 Å². The Bertz CT molecular complexity index is 1070. The maximum atomic E-state index is 13.0. The monoisotopic (exact) mass is 414 g/mol. The lowest BCUT2D eigenvalue weighted by atomic mass is 10.1. The quantitative estimate of drug-likeness (QED) is 0.731. The van der Waals surface area contributed by atoms with Gasteiger partial charge in [0.2, 0.25) is 5.91 Å². The van der Waals surface area contributed by atoms with E-state index in [0.717, 1.165) is 22.3 Å². The minimum absolute atomic E-state index is 0.180. The number of hydrogen-bond acceptors (Lipinski definition) is 5. The van der Waals surface area contributed by atoms with Gasteiger partial charge < -0.3 is 5.32 Å². The minimum Gasteiger partial charge on any atom is -0.324 e. The van der Waals surface area contributed by atoms with Crippen molar-refractivity contribution in [2.24, 2.45) is 0 Å². The number of anilines is 1. The van der Waals surface area contributed by atoms with Gasteiger partial charge in [0.25, 0.3) is 11.8 Å². The molecule has 1 aliphatic rings. The highest BCUT2D eigenvalue weighted by molar-refractivity contribution is 7.90. The molecule has 0 saturated heterocycles. The zero-order valence-corrected chi connectivity index (χ0v) is 17.2. The third-order valence-corrected chi connectivity index (χ3v) is 5.95. The van der Waals surface area contributed by atoms with Crippen LogP contribution in [0.4, 0.5) is 5.69 Å². The summed E-state index contributed by atoms with van der Waals surface area (Å²) in [6.45, 7) is 3.84. The van der Waals surface area contributed by atoms with Crippen molar-refractivity contribution >= 4 is 33.2 Å². The standard InChI is InChI=1S/C21H22N2O5S/c1-13-8-9-15(12-14(13)2)22-19(24)18(10-11-29(3,27)28)23-20(25)16-6-4-5-7-17(16)21(23)26/h4-9,12,18H,10-11H2,1-3H3,(H,22,24)/t18-/m1/s1. The van der Waals surface area contributed by atoms with Crippen LogP contribution in [-0.2, 0) is 14.6 Å². The second kappa shape index (κ2) is 7.79. The van der Waals surface area contributed by atoms with Gasteiger partial charge in [0.1, 0.15) is 15.9 Å². The Morgan fingerprint density at radius 3 is 2.10 bits per heavy atom. The third kappa shape index (κ3) is 4.37. The summed E-state index contributed by atoms with van der Waals surface area (Å²) in [7, 11) is -3.40. The fourth-order valence-corrected chi connectivity index (χ4v) is 3.89. The predicted octanol–water partition coefficient (Wildman–Crippen LogP) is 2.34. The molecule has 2 aromatic rings. The topological polar surface area (TPSA) is 101 Å². The molecule has 2 aromatic carbocycles. The average Bonchev–Trinajstić information content (AvgIpc) is 2.90. The Labute approximate surface area is 169 Å². The number of aryl methyl sites for hydroxylation is 2. The number of amides is 3. The second-order valence-corrected chi connectivity index (χ2v) is 9.51. The van der Waals surface area contributed by atoms with Gasteiger partial charge in [0.05, 0.1) is 16.9 Å². The molecule has 29 heavy (non-hydrogen) atoms. The van der Waals surface area contributed by atoms with Gasteiger partial charge >= 0.3 is 0 Å². The van der Waals surface area contributed by atoms with Crippen molar-refractivity contribution in [1.82, 2.24) is 4.90 Å². The van der Waals surface area contributed by atoms with Crippen LogP contribution in [0.3, 0.4) is 0 Å². The molecular weight excluding hydrogens is 392 g/mol. The number of fused-ring (bicyclic) bond motifs is 1. The molecule has 3 rings (SSSR count). The fraction of sp³-hybridized carbons (Fsp3) is 0.286. The van der Waals surface area contributed by atoms with Gasteiger partial charge in [-0.3, -0.25) is 19.3 Å². The molecule has 0 unspecified atom stereocenters. The van der Waals surface area contributed by atoms with E-state index in [1.165, 1.54) is 12.1 Å². The lowest BCUT2D eigenvalue weighted by Crippen LogP contribution is -2.48. The van der Waals surface area contributed by atoms with Gasteiger partial charge in [0, 0.05) is 11.9 Å². The zero-order valence-electron chi connectivity index (χ0n) is 16.4. The van der Waals surface area contributed by atoms with Crippen LogP contribution in [0.2, 0.25) is 0 Å². The van der Waals surface area contributed by atoms with Crippen LogP contribution in [0.1, 0.15) is 38.3 Å². The summed E-state index contributed by atoms with van der Waals surface area (Å²) in [4.78, 5) is 39.5. The van der Waals surface area contributed by atoms with E-state index < -0.39 is 33.6 Å². The van der Waals surface area contributed by atoms with E-state index in [2.05, 4.69) is 5.32 Å². The Balaban J connectivity index is 1.92. The van der Waals surface area contributed by atoms with E-state index in [1.54, 1.807) is 24.3 Å². The maximum Gasteiger partial charge on any atom is 0.262 e. The van der Waals surface area contributed by atoms with Crippen LogP contribution < -0.4 is 5.32 Å². The fourth-order valence-electron chi connectivity index (χ4n) is 3.24. The normalized spacial score (nSPS) is 14.7. The first-order valence-corrected chi connectivity index (χ1v) is 11.2. The van der Waals surface area contributed by atoms with Crippen molar-refractivity contribution in [3.8, 4) is 0 Å². The smallest absolute Gasteiger partial charge is 0.262 e. The summed E-state index contributed by atoms with van der Waals surface area (Å²) in [5.41, 5.74) is 2.95. The van der Waals surface area contributed by atoms with Crippen LogP contribution >= 0.6 is 0 Å². The Kier molecular flexibility index (Phi) is 5.57. The molecule has 7 nitrogen and oxygen atoms in total. The Hall–Kier alpha value is -3.00. The summed E-state index contributed by atoms with van der Waals surface area (Å²) in [5, 5.41) is 2.71. The largest absolute Gasteiger partial charge is 0.324 e. The van der Waals surface area contributed by atoms with Gasteiger partial charge in [-0.05, 0) is 55.7 Å². The van der Waals surface area contributed by atoms with Crippen LogP contribution in [0.25, 0.3) is 0 Å². The highest BCUT2D eigenvalue weighted by Crippen LogP contribution is 2.26. The number of imide groups is 1. The van der Waals surface area contributed by atoms with Gasteiger partial charge in [-0.1, -0.05) is 18.2 Å². The number of nitrogens with zero attached hydrogens (tertiary/aromatic N) is 1. The maximum absolute atomic E-state index is 13.0. The highest BCUT2D eigenvalue weighted by atomic mass is 32.2. The molecule has 1 heterocycles. The average molecular weight is 414 g/mol. The number of carbonyl (C=O) groups is 3. The van der Waals surface area contributed by atoms with Gasteiger partial charge in [-0.2, -0.15) is 0 Å². The molecule has 1 aliphatic heterocycles. The summed E-state index contributed by atoms with van der Waals surface area (Å²) in [6.07, 6.45) is 0.870. The highest BCUT2D eigenvalue weighted by Gasteiger charge is 2.42. The molecule has 8 heteroatoms. The number of rotatable bonds is 6. The first-order chi connectivity index (χ1) is 13.6. The first kappa shape index (κ1) is 20.7. The van der Waals surface area contributed by atoms with E-state index in [1.807, 2.05) is 19.9 Å². The SMILES string of the molecule is Cc1ccc(NC(=O)[C@@H](CCS(C)(=O)=O)N2C(=O)c3ccccc3C2=O)cc1C. The predicted molar refractivity (Wildman–Crippen MR) is 110 cm³/mol. The van der Waals surface area contributed by atoms with Crippen LogP contribution in [-0.4, -0.2) is 49.1 Å². The van der Waals surface area contributed by atoms with E-state index in [9.17, 15) is 22.8 Å². The van der Waals surface area contributed by atoms with Gasteiger partial charge in [-0.15, -0.1) is 0 Å². The molecule has 1 atom stereocenters. The molecule has 0 saturated carbocycles. The second-order valence-electron chi connectivity index (χ2n) is 7.25. The summed E-state index contributed by atoms with van der Waals surface area (Å²) in [5.74, 6) is -2.13. The van der Waals surface area contributed by atoms with Crippen molar-refractivity contribution in [3.05, 3.63) is 64.7 Å². The zero-order chi connectivity index (χ0) is 21.3. The third-order valence-electron chi connectivity index (χ3n) is 4.98. The number of hydrogen-bond donors (Lipinski definition) is 1. The van der Waals surface area contributed by atoms with E-state index in [4.69, 9.17) is 0 Å².